The predicted molar refractivity (Wildman–Crippen MR) is 95.6 cm³/mol. The van der Waals surface area contributed by atoms with Gasteiger partial charge in [-0.2, -0.15) is 0 Å². The molecule has 4 heteroatoms. The zero-order valence-corrected chi connectivity index (χ0v) is 15.5. The second kappa shape index (κ2) is 12.1. The van der Waals surface area contributed by atoms with Crippen molar-refractivity contribution >= 4 is 11.9 Å². The second-order valence-electron chi connectivity index (χ2n) is 6.79. The Morgan fingerprint density at radius 2 is 1.50 bits per heavy atom. The number of hydrogen-bond donors (Lipinski definition) is 0. The van der Waals surface area contributed by atoms with Crippen LogP contribution in [0.3, 0.4) is 0 Å². The van der Waals surface area contributed by atoms with Crippen molar-refractivity contribution in [1.82, 2.24) is 0 Å². The lowest BCUT2D eigenvalue weighted by Crippen LogP contribution is -2.26. The first-order valence-corrected chi connectivity index (χ1v) is 9.59. The average molecular weight is 338 g/mol. The van der Waals surface area contributed by atoms with Gasteiger partial charge in [0.2, 0.25) is 0 Å². The summed E-state index contributed by atoms with van der Waals surface area (Å²) in [6.07, 6.45) is 14.3. The summed E-state index contributed by atoms with van der Waals surface area (Å²) >= 11 is 0. The van der Waals surface area contributed by atoms with Gasteiger partial charge in [0.15, 0.2) is 0 Å². The number of carbonyl (C=O) groups is 2. The zero-order chi connectivity index (χ0) is 17.8. The molecule has 0 saturated carbocycles. The lowest BCUT2D eigenvalue weighted by Gasteiger charge is -2.15. The van der Waals surface area contributed by atoms with E-state index < -0.39 is 24.0 Å². The summed E-state index contributed by atoms with van der Waals surface area (Å²) < 4.78 is 10.0. The third-order valence-electron chi connectivity index (χ3n) is 4.82. The molecule has 2 atom stereocenters. The van der Waals surface area contributed by atoms with E-state index in [0.29, 0.717) is 6.42 Å². The van der Waals surface area contributed by atoms with Crippen molar-refractivity contribution in [3.05, 3.63) is 12.2 Å². The maximum atomic E-state index is 11.8. The Labute approximate surface area is 147 Å². The molecule has 0 spiro atoms. The molecule has 0 aromatic carbocycles. The smallest absolute Gasteiger partial charge is 0.334 e. The van der Waals surface area contributed by atoms with Gasteiger partial charge in [-0.1, -0.05) is 77.7 Å². The molecule has 1 heterocycles. The van der Waals surface area contributed by atoms with Crippen LogP contribution in [0, 0.1) is 5.92 Å². The minimum Gasteiger partial charge on any atom is -0.468 e. The van der Waals surface area contributed by atoms with E-state index in [1.54, 1.807) is 0 Å². The number of methoxy groups -OCH3 is 1. The summed E-state index contributed by atoms with van der Waals surface area (Å²) in [7, 11) is 1.33. The zero-order valence-electron chi connectivity index (χ0n) is 15.5. The Morgan fingerprint density at radius 3 is 2.00 bits per heavy atom. The number of carbonyl (C=O) groups excluding carboxylic acids is 2. The van der Waals surface area contributed by atoms with Gasteiger partial charge in [-0.05, 0) is 12.8 Å². The number of esters is 2. The van der Waals surface area contributed by atoms with Crippen molar-refractivity contribution in [1.29, 1.82) is 0 Å². The van der Waals surface area contributed by atoms with Gasteiger partial charge >= 0.3 is 11.9 Å². The monoisotopic (exact) mass is 338 g/mol. The molecule has 1 aliphatic heterocycles. The van der Waals surface area contributed by atoms with Crippen LogP contribution in [0.1, 0.15) is 84.0 Å². The number of rotatable bonds is 13. The largest absolute Gasteiger partial charge is 0.468 e. The molecule has 0 aromatic rings. The van der Waals surface area contributed by atoms with E-state index in [4.69, 9.17) is 9.47 Å². The average Bonchev–Trinajstić information content (AvgIpc) is 2.86. The van der Waals surface area contributed by atoms with E-state index in [-0.39, 0.29) is 5.57 Å². The van der Waals surface area contributed by atoms with Crippen LogP contribution < -0.4 is 0 Å². The number of cyclic esters (lactones) is 1. The minimum atomic E-state index is -0.620. The molecule has 24 heavy (non-hydrogen) atoms. The quantitative estimate of drug-likeness (QED) is 0.271. The summed E-state index contributed by atoms with van der Waals surface area (Å²) in [6, 6.07) is 0. The molecule has 4 nitrogen and oxygen atoms in total. The molecule has 0 aromatic heterocycles. The van der Waals surface area contributed by atoms with E-state index in [1.807, 2.05) is 0 Å². The van der Waals surface area contributed by atoms with Crippen LogP contribution >= 0.6 is 0 Å². The van der Waals surface area contributed by atoms with Crippen molar-refractivity contribution in [2.24, 2.45) is 5.92 Å². The second-order valence-corrected chi connectivity index (χ2v) is 6.79. The molecule has 0 radical (unpaired) electrons. The lowest BCUT2D eigenvalue weighted by molar-refractivity contribution is -0.147. The first kappa shape index (κ1) is 20.7. The van der Waals surface area contributed by atoms with Gasteiger partial charge < -0.3 is 9.47 Å². The SMILES string of the molecule is C=C1C(=O)O[C@H](CCCCCCCCCCCCC)[C@H]1C(=O)OC. The Hall–Kier alpha value is -1.32. The standard InChI is InChI=1S/C20H34O4/c1-4-5-6-7-8-9-10-11-12-13-14-15-17-18(20(22)23-3)16(2)19(21)24-17/h17-18H,2,4-15H2,1,3H3/t17-,18+/m1/s1. The first-order chi connectivity index (χ1) is 11.6. The van der Waals surface area contributed by atoms with Gasteiger partial charge in [0.25, 0.3) is 0 Å². The van der Waals surface area contributed by atoms with Crippen LogP contribution in [0.5, 0.6) is 0 Å². The number of unbranched alkanes of at least 4 members (excludes halogenated alkanes) is 10. The van der Waals surface area contributed by atoms with Crippen molar-refractivity contribution in [2.75, 3.05) is 7.11 Å². The molecule has 0 N–H and O–H groups in total. The van der Waals surface area contributed by atoms with Crippen LogP contribution in [0.2, 0.25) is 0 Å². The summed E-state index contributed by atoms with van der Waals surface area (Å²) in [5.41, 5.74) is 0.231. The Morgan fingerprint density at radius 1 is 1.00 bits per heavy atom. The van der Waals surface area contributed by atoms with Crippen LogP contribution in [-0.4, -0.2) is 25.2 Å². The number of ether oxygens (including phenoxy) is 2. The molecule has 1 aliphatic rings. The maximum Gasteiger partial charge on any atom is 0.334 e. The highest BCUT2D eigenvalue weighted by molar-refractivity contribution is 5.98. The Balaban J connectivity index is 2.07. The van der Waals surface area contributed by atoms with Gasteiger partial charge in [0.1, 0.15) is 12.0 Å². The van der Waals surface area contributed by atoms with Gasteiger partial charge in [-0.15, -0.1) is 0 Å². The number of hydrogen-bond acceptors (Lipinski definition) is 4. The molecule has 0 bridgehead atoms. The Bertz CT molecular complexity index is 402. The van der Waals surface area contributed by atoms with Crippen molar-refractivity contribution < 1.29 is 19.1 Å². The van der Waals surface area contributed by atoms with Crippen LogP contribution in [0.15, 0.2) is 12.2 Å². The van der Waals surface area contributed by atoms with Crippen LogP contribution in [-0.2, 0) is 19.1 Å². The van der Waals surface area contributed by atoms with E-state index in [9.17, 15) is 9.59 Å². The lowest BCUT2D eigenvalue weighted by atomic mass is 9.93. The topological polar surface area (TPSA) is 52.6 Å². The third kappa shape index (κ3) is 7.06. The molecule has 0 unspecified atom stereocenters. The molecular formula is C20H34O4. The highest BCUT2D eigenvalue weighted by atomic mass is 16.6. The fraction of sp³-hybridized carbons (Fsp3) is 0.800. The summed E-state index contributed by atoms with van der Waals surface area (Å²) in [6.45, 7) is 5.91. The Kier molecular flexibility index (Phi) is 10.4. The molecule has 1 fully saturated rings. The van der Waals surface area contributed by atoms with E-state index in [0.717, 1.165) is 12.8 Å². The van der Waals surface area contributed by atoms with E-state index in [1.165, 1.54) is 64.9 Å². The highest BCUT2D eigenvalue weighted by Gasteiger charge is 2.43. The third-order valence-corrected chi connectivity index (χ3v) is 4.82. The van der Waals surface area contributed by atoms with Gasteiger partial charge in [-0.3, -0.25) is 4.79 Å². The van der Waals surface area contributed by atoms with Gasteiger partial charge in [0.05, 0.1) is 7.11 Å². The van der Waals surface area contributed by atoms with Crippen molar-refractivity contribution in [3.63, 3.8) is 0 Å². The van der Waals surface area contributed by atoms with Crippen LogP contribution in [0.25, 0.3) is 0 Å². The van der Waals surface area contributed by atoms with Gasteiger partial charge in [0, 0.05) is 5.57 Å². The molecule has 1 saturated heterocycles. The molecule has 1 rings (SSSR count). The fourth-order valence-corrected chi connectivity index (χ4v) is 3.29. The van der Waals surface area contributed by atoms with E-state index in [2.05, 4.69) is 13.5 Å². The summed E-state index contributed by atoms with van der Waals surface area (Å²) in [4.78, 5) is 23.4. The molecular weight excluding hydrogens is 304 g/mol. The molecule has 0 amide bonds. The predicted octanol–water partition coefficient (Wildman–Crippen LogP) is 4.96. The highest BCUT2D eigenvalue weighted by Crippen LogP contribution is 2.31. The van der Waals surface area contributed by atoms with Crippen LogP contribution in [0.4, 0.5) is 0 Å². The summed E-state index contributed by atoms with van der Waals surface area (Å²) in [5, 5.41) is 0. The maximum absolute atomic E-state index is 11.8. The molecule has 138 valence electrons. The first-order valence-electron chi connectivity index (χ1n) is 9.59. The van der Waals surface area contributed by atoms with E-state index >= 15 is 0 Å². The van der Waals surface area contributed by atoms with Gasteiger partial charge in [-0.25, -0.2) is 4.79 Å². The normalized spacial score (nSPS) is 20.2. The summed E-state index contributed by atoms with van der Waals surface area (Å²) in [5.74, 6) is -1.50. The van der Waals surface area contributed by atoms with Crippen molar-refractivity contribution in [2.45, 2.75) is 90.1 Å². The molecule has 0 aliphatic carbocycles. The minimum absolute atomic E-state index is 0.231. The fourth-order valence-electron chi connectivity index (χ4n) is 3.29. The van der Waals surface area contributed by atoms with Crippen molar-refractivity contribution in [3.8, 4) is 0 Å².